The molecule has 0 bridgehead atoms. The maximum Gasteiger partial charge on any atom is 0.305 e. The molecule has 1 aromatic heterocycles. The van der Waals surface area contributed by atoms with Gasteiger partial charge in [0.25, 0.3) is 0 Å². The molecule has 5 heteroatoms. The van der Waals surface area contributed by atoms with Crippen LogP contribution >= 0.6 is 0 Å². The van der Waals surface area contributed by atoms with Crippen molar-refractivity contribution in [1.29, 1.82) is 0 Å². The van der Waals surface area contributed by atoms with Crippen LogP contribution in [0.3, 0.4) is 0 Å². The fourth-order valence-electron chi connectivity index (χ4n) is 0.770. The fourth-order valence-corrected chi connectivity index (χ4v) is 0.770. The molecule has 1 heterocycles. The lowest BCUT2D eigenvalue weighted by molar-refractivity contribution is -0.129. The largest absolute Gasteiger partial charge is 0.459 e. The number of amides is 2. The van der Waals surface area contributed by atoms with Gasteiger partial charge in [-0.15, -0.1) is 0 Å². The molecule has 0 aliphatic heterocycles. The molecule has 2 N–H and O–H groups in total. The van der Waals surface area contributed by atoms with E-state index in [-0.39, 0.29) is 11.7 Å². The molecule has 0 aliphatic rings. The first-order valence-corrected chi connectivity index (χ1v) is 4.55. The van der Waals surface area contributed by atoms with E-state index in [9.17, 15) is 9.59 Å². The van der Waals surface area contributed by atoms with E-state index in [2.05, 4.69) is 10.9 Å². The van der Waals surface area contributed by atoms with E-state index >= 15 is 0 Å². The van der Waals surface area contributed by atoms with Gasteiger partial charge in [-0.25, -0.2) is 0 Å². The van der Waals surface area contributed by atoms with Crippen molar-refractivity contribution in [2.24, 2.45) is 5.41 Å². The maximum absolute atomic E-state index is 11.4. The monoisotopic (exact) mass is 210 g/mol. The van der Waals surface area contributed by atoms with Crippen LogP contribution in [0.5, 0.6) is 0 Å². The van der Waals surface area contributed by atoms with Crippen LogP contribution in [0.2, 0.25) is 0 Å². The lowest BCUT2D eigenvalue weighted by Crippen LogP contribution is -2.46. The minimum Gasteiger partial charge on any atom is -0.459 e. The van der Waals surface area contributed by atoms with E-state index in [1.165, 1.54) is 12.3 Å². The van der Waals surface area contributed by atoms with E-state index in [4.69, 9.17) is 4.42 Å². The minimum absolute atomic E-state index is 0.157. The van der Waals surface area contributed by atoms with Gasteiger partial charge >= 0.3 is 5.91 Å². The van der Waals surface area contributed by atoms with Crippen LogP contribution < -0.4 is 10.9 Å². The standard InChI is InChI=1S/C10H14N2O3/c1-10(2,3)9(14)12-11-8(13)7-5-4-6-15-7/h4-6H,1-3H3,(H,11,13)(H,12,14). The van der Waals surface area contributed by atoms with Crippen molar-refractivity contribution in [1.82, 2.24) is 10.9 Å². The van der Waals surface area contributed by atoms with Crippen molar-refractivity contribution in [3.8, 4) is 0 Å². The second-order valence-corrected chi connectivity index (χ2v) is 4.14. The third-order valence-corrected chi connectivity index (χ3v) is 1.72. The summed E-state index contributed by atoms with van der Waals surface area (Å²) in [5, 5.41) is 0. The lowest BCUT2D eigenvalue weighted by atomic mass is 9.96. The first-order valence-electron chi connectivity index (χ1n) is 4.55. The normalized spacial score (nSPS) is 10.9. The third kappa shape index (κ3) is 3.12. The highest BCUT2D eigenvalue weighted by Crippen LogP contribution is 2.11. The molecule has 0 saturated carbocycles. The molecule has 15 heavy (non-hydrogen) atoms. The van der Waals surface area contributed by atoms with E-state index < -0.39 is 11.3 Å². The number of furan rings is 1. The Morgan fingerprint density at radius 2 is 1.93 bits per heavy atom. The van der Waals surface area contributed by atoms with Crippen molar-refractivity contribution in [2.75, 3.05) is 0 Å². The second kappa shape index (κ2) is 4.16. The SMILES string of the molecule is CC(C)(C)C(=O)NNC(=O)c1ccco1. The van der Waals surface area contributed by atoms with Gasteiger partial charge in [0.2, 0.25) is 5.91 Å². The highest BCUT2D eigenvalue weighted by Gasteiger charge is 2.21. The van der Waals surface area contributed by atoms with Gasteiger partial charge in [-0.3, -0.25) is 20.4 Å². The molecule has 0 atom stereocenters. The van der Waals surface area contributed by atoms with Gasteiger partial charge in [-0.05, 0) is 12.1 Å². The lowest BCUT2D eigenvalue weighted by Gasteiger charge is -2.17. The van der Waals surface area contributed by atoms with E-state index in [1.54, 1.807) is 26.8 Å². The topological polar surface area (TPSA) is 71.3 Å². The molecule has 1 rings (SSSR count). The van der Waals surface area contributed by atoms with Crippen LogP contribution in [-0.4, -0.2) is 11.8 Å². The molecule has 0 radical (unpaired) electrons. The molecule has 0 unspecified atom stereocenters. The van der Waals surface area contributed by atoms with E-state index in [1.807, 2.05) is 0 Å². The molecule has 5 nitrogen and oxygen atoms in total. The van der Waals surface area contributed by atoms with Crippen LogP contribution in [0.4, 0.5) is 0 Å². The second-order valence-electron chi connectivity index (χ2n) is 4.14. The summed E-state index contributed by atoms with van der Waals surface area (Å²) in [4.78, 5) is 22.7. The Hall–Kier alpha value is -1.78. The highest BCUT2D eigenvalue weighted by molar-refractivity contribution is 5.93. The molecule has 2 amide bonds. The van der Waals surface area contributed by atoms with Crippen LogP contribution in [0.15, 0.2) is 22.8 Å². The Kier molecular flexibility index (Phi) is 3.14. The van der Waals surface area contributed by atoms with Gasteiger partial charge in [0, 0.05) is 5.41 Å². The van der Waals surface area contributed by atoms with Crippen LogP contribution in [0, 0.1) is 5.41 Å². The number of hydrazine groups is 1. The summed E-state index contributed by atoms with van der Waals surface area (Å²) in [6.45, 7) is 5.25. The zero-order chi connectivity index (χ0) is 11.5. The van der Waals surface area contributed by atoms with Crippen molar-refractivity contribution in [3.63, 3.8) is 0 Å². The van der Waals surface area contributed by atoms with Crippen molar-refractivity contribution < 1.29 is 14.0 Å². The summed E-state index contributed by atoms with van der Waals surface area (Å²) >= 11 is 0. The Labute approximate surface area is 87.8 Å². The first-order chi connectivity index (χ1) is 6.91. The number of hydrogen-bond donors (Lipinski definition) is 2. The Morgan fingerprint density at radius 1 is 1.27 bits per heavy atom. The number of nitrogens with one attached hydrogen (secondary N) is 2. The number of carbonyl (C=O) groups is 2. The molecule has 0 fully saturated rings. The quantitative estimate of drug-likeness (QED) is 0.681. The van der Waals surface area contributed by atoms with Crippen molar-refractivity contribution >= 4 is 11.8 Å². The average Bonchev–Trinajstić information content (AvgIpc) is 2.64. The summed E-state index contributed by atoms with van der Waals surface area (Å²) in [5.41, 5.74) is 4.03. The van der Waals surface area contributed by atoms with Gasteiger partial charge in [0.05, 0.1) is 6.26 Å². The first kappa shape index (κ1) is 11.3. The zero-order valence-corrected chi connectivity index (χ0v) is 8.96. The van der Waals surface area contributed by atoms with Gasteiger partial charge in [0.15, 0.2) is 5.76 Å². The Bertz CT molecular complexity index is 349. The number of rotatable bonds is 1. The summed E-state index contributed by atoms with van der Waals surface area (Å²) in [6.07, 6.45) is 1.39. The molecule has 1 aromatic rings. The summed E-state index contributed by atoms with van der Waals surface area (Å²) in [7, 11) is 0. The van der Waals surface area contributed by atoms with Crippen LogP contribution in [0.25, 0.3) is 0 Å². The molecule has 0 aliphatic carbocycles. The summed E-state index contributed by atoms with van der Waals surface area (Å²) in [6, 6.07) is 3.11. The predicted octanol–water partition coefficient (Wildman–Crippen LogP) is 1.09. The molecular weight excluding hydrogens is 196 g/mol. The molecule has 0 spiro atoms. The smallest absolute Gasteiger partial charge is 0.305 e. The summed E-state index contributed by atoms with van der Waals surface area (Å²) < 4.78 is 4.85. The third-order valence-electron chi connectivity index (χ3n) is 1.72. The van der Waals surface area contributed by atoms with E-state index in [0.29, 0.717) is 0 Å². The van der Waals surface area contributed by atoms with Gasteiger partial charge < -0.3 is 4.42 Å². The molecule has 0 aromatic carbocycles. The maximum atomic E-state index is 11.4. The van der Waals surface area contributed by atoms with Gasteiger partial charge in [-0.1, -0.05) is 20.8 Å². The van der Waals surface area contributed by atoms with E-state index in [0.717, 1.165) is 0 Å². The predicted molar refractivity (Wildman–Crippen MR) is 53.8 cm³/mol. The minimum atomic E-state index is -0.545. The Morgan fingerprint density at radius 3 is 2.40 bits per heavy atom. The fraction of sp³-hybridized carbons (Fsp3) is 0.400. The summed E-state index contributed by atoms with van der Waals surface area (Å²) in [5.74, 6) is -0.579. The van der Waals surface area contributed by atoms with Crippen molar-refractivity contribution in [3.05, 3.63) is 24.2 Å². The van der Waals surface area contributed by atoms with Gasteiger partial charge in [-0.2, -0.15) is 0 Å². The average molecular weight is 210 g/mol. The zero-order valence-electron chi connectivity index (χ0n) is 8.96. The molecule has 0 saturated heterocycles. The number of carbonyl (C=O) groups excluding carboxylic acids is 2. The number of hydrogen-bond acceptors (Lipinski definition) is 3. The molecular formula is C10H14N2O3. The van der Waals surface area contributed by atoms with Gasteiger partial charge in [0.1, 0.15) is 0 Å². The molecule has 82 valence electrons. The highest BCUT2D eigenvalue weighted by atomic mass is 16.3. The van der Waals surface area contributed by atoms with Crippen LogP contribution in [0.1, 0.15) is 31.3 Å². The Balaban J connectivity index is 2.45. The van der Waals surface area contributed by atoms with Crippen LogP contribution in [-0.2, 0) is 4.79 Å². The van der Waals surface area contributed by atoms with Crippen molar-refractivity contribution in [2.45, 2.75) is 20.8 Å².